The van der Waals surface area contributed by atoms with E-state index in [1.54, 1.807) is 18.2 Å². The van der Waals surface area contributed by atoms with Gasteiger partial charge >= 0.3 is 5.69 Å². The molecule has 0 saturated carbocycles. The van der Waals surface area contributed by atoms with Crippen LogP contribution in [0, 0.1) is 10.1 Å². The number of pyridine rings is 1. The highest BCUT2D eigenvalue weighted by atomic mass is 79.9. The lowest BCUT2D eigenvalue weighted by Gasteiger charge is -2.09. The summed E-state index contributed by atoms with van der Waals surface area (Å²) in [6.07, 6.45) is 2.59. The van der Waals surface area contributed by atoms with Crippen molar-refractivity contribution in [1.82, 2.24) is 4.98 Å². The fraction of sp³-hybridized carbons (Fsp3) is 0. The van der Waals surface area contributed by atoms with Crippen molar-refractivity contribution < 1.29 is 10.0 Å². The number of halogens is 1. The molecule has 1 heterocycles. The second kappa shape index (κ2) is 5.01. The van der Waals surface area contributed by atoms with Crippen LogP contribution in [0.25, 0.3) is 0 Å². The van der Waals surface area contributed by atoms with E-state index in [-0.39, 0.29) is 17.1 Å². The summed E-state index contributed by atoms with van der Waals surface area (Å²) in [7, 11) is 0. The minimum Gasteiger partial charge on any atom is -0.506 e. The molecule has 1 aromatic carbocycles. The Balaban J connectivity index is 2.46. The van der Waals surface area contributed by atoms with Crippen LogP contribution in [-0.4, -0.2) is 15.0 Å². The number of rotatable bonds is 3. The molecule has 0 aliphatic heterocycles. The van der Waals surface area contributed by atoms with Gasteiger partial charge in [0.2, 0.25) is 0 Å². The van der Waals surface area contributed by atoms with E-state index in [1.165, 1.54) is 12.3 Å². The molecule has 0 atom stereocenters. The SMILES string of the molecule is O=[N+]([O-])c1cncc(Br)c1Nc1ccccc1O. The number of aromatic hydroxyl groups is 1. The van der Waals surface area contributed by atoms with Crippen LogP contribution < -0.4 is 5.32 Å². The number of aromatic nitrogens is 1. The summed E-state index contributed by atoms with van der Waals surface area (Å²) in [4.78, 5) is 14.1. The summed E-state index contributed by atoms with van der Waals surface area (Å²) in [5.41, 5.74) is 0.455. The van der Waals surface area contributed by atoms with Crippen molar-refractivity contribution in [2.24, 2.45) is 0 Å². The number of nitrogens with one attached hydrogen (secondary N) is 1. The average molecular weight is 310 g/mol. The smallest absolute Gasteiger partial charge is 0.311 e. The lowest BCUT2D eigenvalue weighted by molar-refractivity contribution is -0.384. The number of anilines is 2. The molecule has 0 amide bonds. The fourth-order valence-corrected chi connectivity index (χ4v) is 1.82. The van der Waals surface area contributed by atoms with Crippen LogP contribution >= 0.6 is 15.9 Å². The topological polar surface area (TPSA) is 88.3 Å². The number of hydrogen-bond donors (Lipinski definition) is 2. The van der Waals surface area contributed by atoms with Gasteiger partial charge in [-0.05, 0) is 28.1 Å². The summed E-state index contributed by atoms with van der Waals surface area (Å²) in [6.45, 7) is 0. The van der Waals surface area contributed by atoms with E-state index in [0.29, 0.717) is 10.2 Å². The molecule has 0 spiro atoms. The maximum Gasteiger partial charge on any atom is 0.311 e. The summed E-state index contributed by atoms with van der Waals surface area (Å²) in [5, 5.41) is 23.3. The zero-order valence-corrected chi connectivity index (χ0v) is 10.6. The third-order valence-corrected chi connectivity index (χ3v) is 2.84. The number of phenols is 1. The van der Waals surface area contributed by atoms with Gasteiger partial charge in [-0.2, -0.15) is 0 Å². The van der Waals surface area contributed by atoms with Gasteiger partial charge in [0, 0.05) is 6.20 Å². The molecule has 0 radical (unpaired) electrons. The molecule has 18 heavy (non-hydrogen) atoms. The van der Waals surface area contributed by atoms with Gasteiger partial charge in [-0.25, -0.2) is 0 Å². The van der Waals surface area contributed by atoms with Crippen molar-refractivity contribution in [3.63, 3.8) is 0 Å². The molecule has 92 valence electrons. The molecule has 2 N–H and O–H groups in total. The first-order chi connectivity index (χ1) is 8.59. The highest BCUT2D eigenvalue weighted by molar-refractivity contribution is 9.10. The van der Waals surface area contributed by atoms with Gasteiger partial charge in [0.1, 0.15) is 17.6 Å². The summed E-state index contributed by atoms with van der Waals surface area (Å²) >= 11 is 3.19. The average Bonchev–Trinajstić information content (AvgIpc) is 2.34. The standard InChI is InChI=1S/C11H8BrN3O3/c12-7-5-13-6-9(15(17)18)11(7)14-8-3-1-2-4-10(8)16/h1-6,16H,(H,13,14). The van der Waals surface area contributed by atoms with Crippen LogP contribution in [0.3, 0.4) is 0 Å². The lowest BCUT2D eigenvalue weighted by Crippen LogP contribution is -1.99. The highest BCUT2D eigenvalue weighted by Crippen LogP contribution is 2.35. The summed E-state index contributed by atoms with van der Waals surface area (Å²) in [5.74, 6) is 0.00973. The predicted octanol–water partition coefficient (Wildman–Crippen LogP) is 3.20. The number of nitrogens with zero attached hydrogens (tertiary/aromatic N) is 2. The second-order valence-corrected chi connectivity index (χ2v) is 4.27. The van der Waals surface area contributed by atoms with E-state index in [1.807, 2.05) is 0 Å². The molecule has 2 rings (SSSR count). The molecule has 2 aromatic rings. The maximum absolute atomic E-state index is 10.9. The van der Waals surface area contributed by atoms with Gasteiger partial charge < -0.3 is 10.4 Å². The first-order valence-electron chi connectivity index (χ1n) is 4.92. The molecule has 7 heteroatoms. The van der Waals surface area contributed by atoms with Crippen molar-refractivity contribution in [3.05, 3.63) is 51.2 Å². The van der Waals surface area contributed by atoms with Gasteiger partial charge in [0.25, 0.3) is 0 Å². The number of nitro groups is 1. The number of benzene rings is 1. The first-order valence-corrected chi connectivity index (χ1v) is 5.72. The molecule has 0 unspecified atom stereocenters. The summed E-state index contributed by atoms with van der Waals surface area (Å²) in [6, 6.07) is 6.48. The minimum absolute atomic E-state index is 0.00973. The molecule has 0 aliphatic rings. The van der Waals surface area contributed by atoms with Crippen LogP contribution in [0.4, 0.5) is 17.1 Å². The third kappa shape index (κ3) is 2.40. The molecule has 0 saturated heterocycles. The molecular weight excluding hydrogens is 302 g/mol. The van der Waals surface area contributed by atoms with E-state index >= 15 is 0 Å². The Morgan fingerprint density at radius 1 is 1.33 bits per heavy atom. The molecule has 0 aliphatic carbocycles. The fourth-order valence-electron chi connectivity index (χ4n) is 1.40. The van der Waals surface area contributed by atoms with Gasteiger partial charge in [0.05, 0.1) is 15.1 Å². The minimum atomic E-state index is -0.542. The molecule has 0 bridgehead atoms. The van der Waals surface area contributed by atoms with E-state index in [2.05, 4.69) is 26.2 Å². The number of phenolic OH excluding ortho intramolecular Hbond substituents is 1. The number of hydrogen-bond acceptors (Lipinski definition) is 5. The van der Waals surface area contributed by atoms with Crippen LogP contribution in [-0.2, 0) is 0 Å². The van der Waals surface area contributed by atoms with Gasteiger partial charge in [0.15, 0.2) is 0 Å². The van der Waals surface area contributed by atoms with E-state index in [4.69, 9.17) is 0 Å². The monoisotopic (exact) mass is 309 g/mol. The van der Waals surface area contributed by atoms with E-state index < -0.39 is 4.92 Å². The maximum atomic E-state index is 10.9. The zero-order valence-electron chi connectivity index (χ0n) is 9.00. The predicted molar refractivity (Wildman–Crippen MR) is 70.0 cm³/mol. The van der Waals surface area contributed by atoms with Crippen molar-refractivity contribution in [2.75, 3.05) is 5.32 Å². The highest BCUT2D eigenvalue weighted by Gasteiger charge is 2.18. The van der Waals surface area contributed by atoms with Crippen LogP contribution in [0.15, 0.2) is 41.1 Å². The van der Waals surface area contributed by atoms with Crippen molar-refractivity contribution in [1.29, 1.82) is 0 Å². The summed E-state index contributed by atoms with van der Waals surface area (Å²) < 4.78 is 0.444. The molecule has 6 nitrogen and oxygen atoms in total. The Kier molecular flexibility index (Phi) is 3.42. The van der Waals surface area contributed by atoms with Gasteiger partial charge in [-0.15, -0.1) is 0 Å². The van der Waals surface area contributed by atoms with Crippen LogP contribution in [0.5, 0.6) is 5.75 Å². The Morgan fingerprint density at radius 2 is 2.06 bits per heavy atom. The van der Waals surface area contributed by atoms with Crippen LogP contribution in [0.2, 0.25) is 0 Å². The lowest BCUT2D eigenvalue weighted by atomic mass is 10.2. The molecular formula is C11H8BrN3O3. The normalized spacial score (nSPS) is 10.1. The molecule has 1 aromatic heterocycles. The Hall–Kier alpha value is -2.15. The Labute approximate surface area is 111 Å². The van der Waals surface area contributed by atoms with Gasteiger partial charge in [-0.1, -0.05) is 12.1 Å². The Bertz CT molecular complexity index is 604. The van der Waals surface area contributed by atoms with Crippen molar-refractivity contribution >= 4 is 33.0 Å². The third-order valence-electron chi connectivity index (χ3n) is 2.24. The zero-order chi connectivity index (χ0) is 13.1. The van der Waals surface area contributed by atoms with E-state index in [0.717, 1.165) is 6.20 Å². The van der Waals surface area contributed by atoms with E-state index in [9.17, 15) is 15.2 Å². The van der Waals surface area contributed by atoms with Crippen molar-refractivity contribution in [3.8, 4) is 5.75 Å². The Morgan fingerprint density at radius 3 is 2.72 bits per heavy atom. The quantitative estimate of drug-likeness (QED) is 0.516. The van der Waals surface area contributed by atoms with Crippen LogP contribution in [0.1, 0.15) is 0 Å². The second-order valence-electron chi connectivity index (χ2n) is 3.41. The van der Waals surface area contributed by atoms with Gasteiger partial charge in [-0.3, -0.25) is 15.1 Å². The number of para-hydroxylation sites is 2. The largest absolute Gasteiger partial charge is 0.506 e. The molecule has 0 fully saturated rings. The van der Waals surface area contributed by atoms with Crippen molar-refractivity contribution in [2.45, 2.75) is 0 Å². The first kappa shape index (κ1) is 12.3.